The van der Waals surface area contributed by atoms with Crippen LogP contribution in [0, 0.1) is 17.0 Å². The molecule has 1 aromatic heterocycles. The Hall–Kier alpha value is -2.12. The largest absolute Gasteiger partial charge is 0.468 e. The zero-order valence-electron chi connectivity index (χ0n) is 10.8. The van der Waals surface area contributed by atoms with E-state index in [9.17, 15) is 14.9 Å². The van der Waals surface area contributed by atoms with Gasteiger partial charge < -0.3 is 10.1 Å². The number of carbonyl (C=O) groups is 1. The smallest absolute Gasteiger partial charge is 0.333 e. The SMILES string of the molecule is COC(=O)CNc1c([N+](=O)[O-])c(C)nn1C(C)C. The lowest BCUT2D eigenvalue weighted by molar-refractivity contribution is -0.384. The van der Waals surface area contributed by atoms with Crippen LogP contribution in [-0.2, 0) is 9.53 Å². The van der Waals surface area contributed by atoms with Gasteiger partial charge in [-0.15, -0.1) is 0 Å². The molecule has 0 unspecified atom stereocenters. The van der Waals surface area contributed by atoms with Crippen LogP contribution in [-0.4, -0.2) is 34.3 Å². The van der Waals surface area contributed by atoms with Gasteiger partial charge in [-0.2, -0.15) is 5.10 Å². The van der Waals surface area contributed by atoms with Crippen molar-refractivity contribution in [3.8, 4) is 0 Å². The summed E-state index contributed by atoms with van der Waals surface area (Å²) in [6.45, 7) is 5.11. The van der Waals surface area contributed by atoms with Crippen molar-refractivity contribution >= 4 is 17.5 Å². The predicted octanol–water partition coefficient (Wildman–Crippen LogP) is 1.27. The van der Waals surface area contributed by atoms with Gasteiger partial charge in [-0.1, -0.05) is 0 Å². The van der Waals surface area contributed by atoms with Crippen molar-refractivity contribution in [3.63, 3.8) is 0 Å². The maximum atomic E-state index is 11.1. The molecule has 0 aliphatic rings. The highest BCUT2D eigenvalue weighted by Gasteiger charge is 2.26. The Labute approximate surface area is 104 Å². The first-order valence-corrected chi connectivity index (χ1v) is 5.42. The summed E-state index contributed by atoms with van der Waals surface area (Å²) in [5, 5.41) is 17.8. The quantitative estimate of drug-likeness (QED) is 0.483. The lowest BCUT2D eigenvalue weighted by Crippen LogP contribution is -2.18. The molecule has 8 heteroatoms. The van der Waals surface area contributed by atoms with E-state index in [1.165, 1.54) is 11.8 Å². The van der Waals surface area contributed by atoms with Crippen LogP contribution < -0.4 is 5.32 Å². The number of ether oxygens (including phenoxy) is 1. The Morgan fingerprint density at radius 2 is 2.22 bits per heavy atom. The van der Waals surface area contributed by atoms with Crippen molar-refractivity contribution < 1.29 is 14.5 Å². The van der Waals surface area contributed by atoms with E-state index in [0.717, 1.165) is 0 Å². The third-order valence-electron chi connectivity index (χ3n) is 2.35. The first kappa shape index (κ1) is 13.9. The van der Waals surface area contributed by atoms with Crippen molar-refractivity contribution in [2.45, 2.75) is 26.8 Å². The molecule has 0 aromatic carbocycles. The highest BCUT2D eigenvalue weighted by atomic mass is 16.6. The van der Waals surface area contributed by atoms with E-state index in [1.807, 2.05) is 13.8 Å². The van der Waals surface area contributed by atoms with Gasteiger partial charge in [-0.3, -0.25) is 14.9 Å². The highest BCUT2D eigenvalue weighted by molar-refractivity contribution is 5.76. The standard InChI is InChI=1S/C10H16N4O4/c1-6(2)13-10(11-5-8(15)18-4)9(14(16)17)7(3)12-13/h6,11H,5H2,1-4H3. The Bertz CT molecular complexity index is 467. The monoisotopic (exact) mass is 256 g/mol. The van der Waals surface area contributed by atoms with Crippen LogP contribution in [0.25, 0.3) is 0 Å². The minimum absolute atomic E-state index is 0.0578. The van der Waals surface area contributed by atoms with Gasteiger partial charge in [-0.25, -0.2) is 4.68 Å². The average Bonchev–Trinajstić information content (AvgIpc) is 2.63. The van der Waals surface area contributed by atoms with Crippen LogP contribution in [0.1, 0.15) is 25.6 Å². The summed E-state index contributed by atoms with van der Waals surface area (Å²) in [6, 6.07) is -0.0578. The maximum absolute atomic E-state index is 11.1. The number of hydrogen-bond acceptors (Lipinski definition) is 6. The molecule has 1 rings (SSSR count). The first-order valence-electron chi connectivity index (χ1n) is 5.42. The predicted molar refractivity (Wildman–Crippen MR) is 64.5 cm³/mol. The average molecular weight is 256 g/mol. The molecule has 0 atom stereocenters. The van der Waals surface area contributed by atoms with Crippen LogP contribution >= 0.6 is 0 Å². The minimum Gasteiger partial charge on any atom is -0.468 e. The molecule has 1 N–H and O–H groups in total. The Morgan fingerprint density at radius 1 is 1.61 bits per heavy atom. The van der Waals surface area contributed by atoms with Gasteiger partial charge in [0.15, 0.2) is 0 Å². The van der Waals surface area contributed by atoms with E-state index in [2.05, 4.69) is 15.2 Å². The van der Waals surface area contributed by atoms with E-state index in [-0.39, 0.29) is 24.1 Å². The van der Waals surface area contributed by atoms with Crippen molar-refractivity contribution in [2.75, 3.05) is 19.0 Å². The summed E-state index contributed by atoms with van der Waals surface area (Å²) >= 11 is 0. The fourth-order valence-electron chi connectivity index (χ4n) is 1.52. The zero-order valence-corrected chi connectivity index (χ0v) is 10.8. The number of rotatable bonds is 5. The number of carbonyl (C=O) groups excluding carboxylic acids is 1. The molecule has 0 radical (unpaired) electrons. The summed E-state index contributed by atoms with van der Waals surface area (Å²) in [7, 11) is 1.25. The molecule has 0 spiro atoms. The highest BCUT2D eigenvalue weighted by Crippen LogP contribution is 2.30. The van der Waals surface area contributed by atoms with E-state index in [1.54, 1.807) is 6.92 Å². The second-order valence-corrected chi connectivity index (χ2v) is 4.01. The van der Waals surface area contributed by atoms with Gasteiger partial charge in [-0.05, 0) is 20.8 Å². The number of nitrogens with one attached hydrogen (secondary N) is 1. The first-order chi connectivity index (χ1) is 8.38. The third-order valence-corrected chi connectivity index (χ3v) is 2.35. The number of esters is 1. The second kappa shape index (κ2) is 5.48. The van der Waals surface area contributed by atoms with Crippen LogP contribution in [0.2, 0.25) is 0 Å². The molecule has 8 nitrogen and oxygen atoms in total. The number of methoxy groups -OCH3 is 1. The van der Waals surface area contributed by atoms with Crippen LogP contribution in [0.4, 0.5) is 11.5 Å². The van der Waals surface area contributed by atoms with Crippen LogP contribution in [0.15, 0.2) is 0 Å². The van der Waals surface area contributed by atoms with E-state index < -0.39 is 10.9 Å². The molecular weight excluding hydrogens is 240 g/mol. The molecule has 100 valence electrons. The summed E-state index contributed by atoms with van der Waals surface area (Å²) in [4.78, 5) is 21.5. The van der Waals surface area contributed by atoms with E-state index in [4.69, 9.17) is 0 Å². The number of anilines is 1. The molecule has 1 aromatic rings. The van der Waals surface area contributed by atoms with E-state index >= 15 is 0 Å². The molecule has 0 fully saturated rings. The normalized spacial score (nSPS) is 10.5. The van der Waals surface area contributed by atoms with Crippen LogP contribution in [0.5, 0.6) is 0 Å². The topological polar surface area (TPSA) is 99.3 Å². The second-order valence-electron chi connectivity index (χ2n) is 4.01. The van der Waals surface area contributed by atoms with Gasteiger partial charge in [0.25, 0.3) is 0 Å². The number of hydrogen-bond donors (Lipinski definition) is 1. The molecule has 1 heterocycles. The Morgan fingerprint density at radius 3 is 2.67 bits per heavy atom. The molecule has 0 saturated carbocycles. The molecule has 0 saturated heterocycles. The van der Waals surface area contributed by atoms with Crippen molar-refractivity contribution in [3.05, 3.63) is 15.8 Å². The van der Waals surface area contributed by atoms with Crippen molar-refractivity contribution in [2.24, 2.45) is 0 Å². The lowest BCUT2D eigenvalue weighted by atomic mass is 10.3. The molecule has 0 amide bonds. The fraction of sp³-hybridized carbons (Fsp3) is 0.600. The van der Waals surface area contributed by atoms with Gasteiger partial charge >= 0.3 is 11.7 Å². The molecule has 0 aliphatic carbocycles. The summed E-state index contributed by atoms with van der Waals surface area (Å²) < 4.78 is 5.96. The number of aromatic nitrogens is 2. The van der Waals surface area contributed by atoms with Gasteiger partial charge in [0.1, 0.15) is 12.2 Å². The Balaban J connectivity index is 3.12. The number of nitrogens with zero attached hydrogens (tertiary/aromatic N) is 3. The Kier molecular flexibility index (Phi) is 4.24. The fourth-order valence-corrected chi connectivity index (χ4v) is 1.52. The van der Waals surface area contributed by atoms with Gasteiger partial charge in [0, 0.05) is 6.04 Å². The molecule has 0 aliphatic heterocycles. The zero-order chi connectivity index (χ0) is 13.9. The molecular formula is C10H16N4O4. The van der Waals surface area contributed by atoms with E-state index in [0.29, 0.717) is 5.69 Å². The van der Waals surface area contributed by atoms with Gasteiger partial charge in [0.2, 0.25) is 5.82 Å². The minimum atomic E-state index is -0.513. The van der Waals surface area contributed by atoms with Gasteiger partial charge in [0.05, 0.1) is 12.0 Å². The van der Waals surface area contributed by atoms with Crippen molar-refractivity contribution in [1.29, 1.82) is 0 Å². The lowest BCUT2D eigenvalue weighted by Gasteiger charge is -2.11. The maximum Gasteiger partial charge on any atom is 0.333 e. The van der Waals surface area contributed by atoms with Crippen LogP contribution in [0.3, 0.4) is 0 Å². The molecule has 18 heavy (non-hydrogen) atoms. The summed E-state index contributed by atoms with van der Waals surface area (Å²) in [6.07, 6.45) is 0. The summed E-state index contributed by atoms with van der Waals surface area (Å²) in [5.74, 6) is -0.281. The molecule has 0 bridgehead atoms. The van der Waals surface area contributed by atoms with Crippen molar-refractivity contribution in [1.82, 2.24) is 9.78 Å². The number of nitro groups is 1. The summed E-state index contributed by atoms with van der Waals surface area (Å²) in [5.41, 5.74) is 0.189. The number of aryl methyl sites for hydroxylation is 1. The third kappa shape index (κ3) is 2.76.